The number of carbonyl (C=O) groups is 1. The first kappa shape index (κ1) is 8.34. The topological polar surface area (TPSA) is 37.3 Å². The number of aliphatic hydroxyl groups is 1. The summed E-state index contributed by atoms with van der Waals surface area (Å²) in [6.45, 7) is 0. The molecule has 0 heterocycles. The molecule has 0 spiro atoms. The fraction of sp³-hybridized carbons (Fsp3) is 0.375. The van der Waals surface area contributed by atoms with Crippen LogP contribution >= 0.6 is 11.6 Å². The van der Waals surface area contributed by atoms with E-state index in [0.29, 0.717) is 19.3 Å². The van der Waals surface area contributed by atoms with Crippen molar-refractivity contribution < 1.29 is 9.90 Å². The smallest absolute Gasteiger partial charge is 0.197 e. The Balaban J connectivity index is 2.64. The lowest BCUT2D eigenvalue weighted by Crippen LogP contribution is -1.93. The predicted octanol–water partition coefficient (Wildman–Crippen LogP) is 2.30. The van der Waals surface area contributed by atoms with E-state index in [1.54, 1.807) is 6.08 Å². The molecule has 1 N–H and O–H groups in total. The molecule has 2 nitrogen and oxygen atoms in total. The van der Waals surface area contributed by atoms with Crippen LogP contribution in [0.4, 0.5) is 0 Å². The molecule has 0 aromatic heterocycles. The first-order valence-electron chi connectivity index (χ1n) is 3.45. The Morgan fingerprint density at radius 2 is 2.27 bits per heavy atom. The minimum Gasteiger partial charge on any atom is -0.504 e. The average Bonchev–Trinajstić information content (AvgIpc) is 2.31. The van der Waals surface area contributed by atoms with Crippen molar-refractivity contribution in [2.75, 3.05) is 0 Å². The van der Waals surface area contributed by atoms with Crippen LogP contribution in [-0.4, -0.2) is 10.9 Å². The lowest BCUT2D eigenvalue weighted by Gasteiger charge is -1.93. The zero-order chi connectivity index (χ0) is 8.27. The van der Waals surface area contributed by atoms with Crippen molar-refractivity contribution in [3.63, 3.8) is 0 Å². The van der Waals surface area contributed by atoms with Gasteiger partial charge >= 0.3 is 0 Å². The molecule has 0 aliphatic heterocycles. The molecule has 0 unspecified atom stereocenters. The van der Waals surface area contributed by atoms with Crippen LogP contribution in [0.1, 0.15) is 19.3 Å². The number of Topliss-reactive ketones (excluding diaryl/α,β-unsaturated/α-hetero) is 1. The second-order valence-corrected chi connectivity index (χ2v) is 2.69. The second kappa shape index (κ2) is 3.58. The fourth-order valence-corrected chi connectivity index (χ4v) is 1.17. The van der Waals surface area contributed by atoms with Crippen LogP contribution in [0.2, 0.25) is 0 Å². The summed E-state index contributed by atoms with van der Waals surface area (Å²) in [5, 5.41) is 9.14. The highest BCUT2D eigenvalue weighted by Gasteiger charge is 2.20. The molecule has 60 valence electrons. The molecule has 1 aliphatic carbocycles. The summed E-state index contributed by atoms with van der Waals surface area (Å²) < 4.78 is 0. The van der Waals surface area contributed by atoms with Crippen molar-refractivity contribution in [2.45, 2.75) is 19.3 Å². The summed E-state index contributed by atoms with van der Waals surface area (Å²) in [6, 6.07) is 0. The van der Waals surface area contributed by atoms with E-state index in [-0.39, 0.29) is 11.5 Å². The van der Waals surface area contributed by atoms with Crippen molar-refractivity contribution >= 4 is 17.4 Å². The lowest BCUT2D eigenvalue weighted by molar-refractivity contribution is -0.117. The Morgan fingerprint density at radius 1 is 1.55 bits per heavy atom. The van der Waals surface area contributed by atoms with Crippen LogP contribution < -0.4 is 0 Å². The third-order valence-corrected chi connectivity index (χ3v) is 1.88. The molecular weight excluding hydrogens is 164 g/mol. The first-order chi connectivity index (χ1) is 5.25. The van der Waals surface area contributed by atoms with Crippen LogP contribution in [0, 0.1) is 0 Å². The van der Waals surface area contributed by atoms with Gasteiger partial charge in [0.2, 0.25) is 0 Å². The van der Waals surface area contributed by atoms with Crippen molar-refractivity contribution in [3.05, 3.63) is 22.9 Å². The third-order valence-electron chi connectivity index (χ3n) is 1.71. The highest BCUT2D eigenvalue weighted by Crippen LogP contribution is 2.23. The van der Waals surface area contributed by atoms with Gasteiger partial charge in [-0.1, -0.05) is 17.7 Å². The van der Waals surface area contributed by atoms with Gasteiger partial charge in [0, 0.05) is 12.0 Å². The van der Waals surface area contributed by atoms with Crippen molar-refractivity contribution in [1.82, 2.24) is 0 Å². The van der Waals surface area contributed by atoms with Gasteiger partial charge in [0.05, 0.1) is 0 Å². The van der Waals surface area contributed by atoms with Gasteiger partial charge in [0.15, 0.2) is 11.5 Å². The van der Waals surface area contributed by atoms with Gasteiger partial charge in [-0.25, -0.2) is 0 Å². The minimum atomic E-state index is -0.150. The first-order valence-corrected chi connectivity index (χ1v) is 3.88. The van der Waals surface area contributed by atoms with E-state index < -0.39 is 0 Å². The number of ketones is 1. The molecule has 0 aromatic carbocycles. The summed E-state index contributed by atoms with van der Waals surface area (Å²) in [6.07, 6.45) is 3.41. The second-order valence-electron chi connectivity index (χ2n) is 2.44. The van der Waals surface area contributed by atoms with Crippen LogP contribution in [0.15, 0.2) is 22.9 Å². The van der Waals surface area contributed by atoms with Crippen LogP contribution in [0.5, 0.6) is 0 Å². The maximum absolute atomic E-state index is 10.8. The highest BCUT2D eigenvalue weighted by atomic mass is 35.5. The number of hydrogen-bond acceptors (Lipinski definition) is 2. The van der Waals surface area contributed by atoms with Gasteiger partial charge in [-0.2, -0.15) is 0 Å². The molecule has 11 heavy (non-hydrogen) atoms. The minimum absolute atomic E-state index is 0.0558. The highest BCUT2D eigenvalue weighted by molar-refractivity contribution is 6.25. The number of hydrogen-bond donors (Lipinski definition) is 1. The van der Waals surface area contributed by atoms with Gasteiger partial charge in [-0.3, -0.25) is 4.79 Å². The van der Waals surface area contributed by atoms with E-state index in [2.05, 4.69) is 0 Å². The molecule has 0 amide bonds. The molecule has 0 bridgehead atoms. The standard InChI is InChI=1S/C8H9ClO2/c9-5-1-2-6-3-4-7(10)8(6)11/h1,5,11H,2-4H2. The SMILES string of the molecule is O=C1CCC(CC=CCl)=C1O. The largest absolute Gasteiger partial charge is 0.504 e. The Bertz CT molecular complexity index is 228. The maximum atomic E-state index is 10.8. The Kier molecular flexibility index (Phi) is 2.71. The lowest BCUT2D eigenvalue weighted by atomic mass is 10.1. The predicted molar refractivity (Wildman–Crippen MR) is 43.5 cm³/mol. The summed E-state index contributed by atoms with van der Waals surface area (Å²) in [5.74, 6) is -0.206. The van der Waals surface area contributed by atoms with Crippen LogP contribution in [0.3, 0.4) is 0 Å². The van der Waals surface area contributed by atoms with E-state index >= 15 is 0 Å². The normalized spacial score (nSPS) is 18.8. The molecule has 0 fully saturated rings. The average molecular weight is 173 g/mol. The van der Waals surface area contributed by atoms with Crippen molar-refractivity contribution in [1.29, 1.82) is 0 Å². The van der Waals surface area contributed by atoms with Crippen LogP contribution in [-0.2, 0) is 4.79 Å². The summed E-state index contributed by atoms with van der Waals surface area (Å²) in [5.41, 5.74) is 2.19. The molecule has 1 aliphatic rings. The molecule has 0 saturated heterocycles. The molecule has 0 radical (unpaired) electrons. The Labute approximate surface area is 70.2 Å². The quantitative estimate of drug-likeness (QED) is 0.694. The van der Waals surface area contributed by atoms with Gasteiger partial charge < -0.3 is 5.11 Å². The van der Waals surface area contributed by atoms with E-state index in [9.17, 15) is 4.79 Å². The van der Waals surface area contributed by atoms with Crippen molar-refractivity contribution in [2.24, 2.45) is 0 Å². The number of rotatable bonds is 2. The molecule has 1 rings (SSSR count). The number of allylic oxidation sites excluding steroid dienone is 3. The zero-order valence-corrected chi connectivity index (χ0v) is 6.77. The molecule has 0 aromatic rings. The van der Waals surface area contributed by atoms with Crippen molar-refractivity contribution in [3.8, 4) is 0 Å². The van der Waals surface area contributed by atoms with E-state index in [1.165, 1.54) is 5.54 Å². The molecule has 3 heteroatoms. The summed E-state index contributed by atoms with van der Waals surface area (Å²) in [4.78, 5) is 10.8. The summed E-state index contributed by atoms with van der Waals surface area (Å²) >= 11 is 5.29. The summed E-state index contributed by atoms with van der Waals surface area (Å²) in [7, 11) is 0. The third kappa shape index (κ3) is 1.84. The number of aliphatic hydroxyl groups excluding tert-OH is 1. The Hall–Kier alpha value is -0.760. The number of carbonyl (C=O) groups excluding carboxylic acids is 1. The maximum Gasteiger partial charge on any atom is 0.197 e. The van der Waals surface area contributed by atoms with Gasteiger partial charge in [0.25, 0.3) is 0 Å². The Morgan fingerprint density at radius 3 is 2.73 bits per heavy atom. The molecular formula is C8H9ClO2. The van der Waals surface area contributed by atoms with E-state index in [4.69, 9.17) is 16.7 Å². The molecule has 0 saturated carbocycles. The number of halogens is 1. The van der Waals surface area contributed by atoms with Gasteiger partial charge in [-0.15, -0.1) is 0 Å². The van der Waals surface area contributed by atoms with E-state index in [1.807, 2.05) is 0 Å². The molecule has 0 atom stereocenters. The van der Waals surface area contributed by atoms with Gasteiger partial charge in [0.1, 0.15) is 0 Å². The fourth-order valence-electron chi connectivity index (χ4n) is 1.08. The monoisotopic (exact) mass is 172 g/mol. The van der Waals surface area contributed by atoms with Gasteiger partial charge in [-0.05, 0) is 18.4 Å². The zero-order valence-electron chi connectivity index (χ0n) is 6.01. The van der Waals surface area contributed by atoms with E-state index in [0.717, 1.165) is 5.57 Å². The van der Waals surface area contributed by atoms with Crippen LogP contribution in [0.25, 0.3) is 0 Å².